The monoisotopic (exact) mass is 476 g/mol. The van der Waals surface area contributed by atoms with Gasteiger partial charge in [-0.15, -0.1) is 11.3 Å². The molecule has 7 nitrogen and oxygen atoms in total. The van der Waals surface area contributed by atoms with Gasteiger partial charge in [0.1, 0.15) is 17.2 Å². The van der Waals surface area contributed by atoms with Crippen molar-refractivity contribution in [2.45, 2.75) is 45.1 Å². The molecule has 4 rings (SSSR count). The zero-order valence-corrected chi connectivity index (χ0v) is 19.4. The standard InChI is InChI=1S/C23H26F2N4O3S/c1-3-23(21(31)29(22(32)27-23)11-8-19-14(2)26-13-33-19)15-6-9-28(10-7-15)20(30)17-12-16(24)4-5-18(17)25/h4-5,12-13,15H,3,6-11H2,1-2H3,(H,27,32). The number of piperidine rings is 1. The van der Waals surface area contributed by atoms with E-state index in [4.69, 9.17) is 0 Å². The number of carbonyl (C=O) groups excluding carboxylic acids is 3. The number of nitrogens with one attached hydrogen (secondary N) is 1. The fourth-order valence-corrected chi connectivity index (χ4v) is 5.61. The van der Waals surface area contributed by atoms with E-state index in [1.807, 2.05) is 13.8 Å². The number of hydrogen-bond donors (Lipinski definition) is 1. The number of aromatic nitrogens is 1. The summed E-state index contributed by atoms with van der Waals surface area (Å²) in [6.45, 7) is 4.65. The first-order valence-corrected chi connectivity index (χ1v) is 11.9. The molecule has 176 valence electrons. The van der Waals surface area contributed by atoms with Gasteiger partial charge in [-0.05, 0) is 50.3 Å². The number of hydrogen-bond acceptors (Lipinski definition) is 5. The van der Waals surface area contributed by atoms with Gasteiger partial charge in [0.05, 0.1) is 16.8 Å². The van der Waals surface area contributed by atoms with Gasteiger partial charge >= 0.3 is 6.03 Å². The highest BCUT2D eigenvalue weighted by Gasteiger charge is 2.54. The number of urea groups is 1. The largest absolute Gasteiger partial charge is 0.339 e. The van der Waals surface area contributed by atoms with Crippen molar-refractivity contribution in [1.29, 1.82) is 0 Å². The van der Waals surface area contributed by atoms with Gasteiger partial charge in [-0.1, -0.05) is 6.92 Å². The molecule has 1 unspecified atom stereocenters. The zero-order chi connectivity index (χ0) is 23.8. The number of carbonyl (C=O) groups is 3. The van der Waals surface area contributed by atoms with Gasteiger partial charge in [-0.3, -0.25) is 14.5 Å². The van der Waals surface area contributed by atoms with Crippen LogP contribution in [0.15, 0.2) is 23.7 Å². The molecule has 2 aromatic rings. The molecule has 2 fully saturated rings. The van der Waals surface area contributed by atoms with Gasteiger partial charge in [-0.2, -0.15) is 0 Å². The van der Waals surface area contributed by atoms with Crippen LogP contribution < -0.4 is 5.32 Å². The summed E-state index contributed by atoms with van der Waals surface area (Å²) in [5.74, 6) is -2.40. The van der Waals surface area contributed by atoms with Crippen LogP contribution in [0.25, 0.3) is 0 Å². The average Bonchev–Trinajstić information content (AvgIpc) is 3.33. The van der Waals surface area contributed by atoms with Crippen LogP contribution in [0.2, 0.25) is 0 Å². The third-order valence-electron chi connectivity index (χ3n) is 6.80. The summed E-state index contributed by atoms with van der Waals surface area (Å²) in [5, 5.41) is 2.94. The number of amides is 4. The third-order valence-corrected chi connectivity index (χ3v) is 7.80. The lowest BCUT2D eigenvalue weighted by Crippen LogP contribution is -2.56. The van der Waals surface area contributed by atoms with Crippen molar-refractivity contribution in [2.75, 3.05) is 19.6 Å². The molecule has 0 saturated carbocycles. The molecular formula is C23H26F2N4O3S. The van der Waals surface area contributed by atoms with Gasteiger partial charge < -0.3 is 10.2 Å². The van der Waals surface area contributed by atoms with E-state index in [2.05, 4.69) is 10.3 Å². The molecule has 3 heterocycles. The van der Waals surface area contributed by atoms with Gasteiger partial charge in [0.25, 0.3) is 11.8 Å². The molecule has 0 radical (unpaired) electrons. The Kier molecular flexibility index (Phi) is 6.47. The molecular weight excluding hydrogens is 450 g/mol. The van der Waals surface area contributed by atoms with Gasteiger partial charge in [0, 0.05) is 30.9 Å². The van der Waals surface area contributed by atoms with Gasteiger partial charge in [-0.25, -0.2) is 18.6 Å². The van der Waals surface area contributed by atoms with E-state index in [9.17, 15) is 23.2 Å². The second-order valence-electron chi connectivity index (χ2n) is 8.51. The molecule has 2 saturated heterocycles. The number of likely N-dealkylation sites (tertiary alicyclic amines) is 1. The number of benzene rings is 1. The van der Waals surface area contributed by atoms with Gasteiger partial charge in [0.15, 0.2) is 0 Å². The third kappa shape index (κ3) is 4.23. The smallest absolute Gasteiger partial charge is 0.325 e. The zero-order valence-electron chi connectivity index (χ0n) is 18.6. The Hall–Kier alpha value is -2.88. The second kappa shape index (κ2) is 9.17. The van der Waals surface area contributed by atoms with E-state index in [1.165, 1.54) is 21.1 Å². The highest BCUT2D eigenvalue weighted by Crippen LogP contribution is 2.36. The number of halogens is 2. The Morgan fingerprint density at radius 2 is 2.00 bits per heavy atom. The summed E-state index contributed by atoms with van der Waals surface area (Å²) in [6.07, 6.45) is 1.95. The lowest BCUT2D eigenvalue weighted by molar-refractivity contribution is -0.134. The van der Waals surface area contributed by atoms with E-state index < -0.39 is 29.1 Å². The van der Waals surface area contributed by atoms with Crippen molar-refractivity contribution in [2.24, 2.45) is 5.92 Å². The van der Waals surface area contributed by atoms with Crippen LogP contribution in [0.4, 0.5) is 13.6 Å². The second-order valence-corrected chi connectivity index (χ2v) is 9.45. The highest BCUT2D eigenvalue weighted by molar-refractivity contribution is 7.09. The number of imide groups is 1. The molecule has 2 aliphatic rings. The number of aryl methyl sites for hydroxylation is 1. The molecule has 10 heteroatoms. The lowest BCUT2D eigenvalue weighted by Gasteiger charge is -2.40. The number of rotatable bonds is 6. The Morgan fingerprint density at radius 3 is 2.64 bits per heavy atom. The molecule has 33 heavy (non-hydrogen) atoms. The molecule has 0 aliphatic carbocycles. The molecule has 1 atom stereocenters. The summed E-state index contributed by atoms with van der Waals surface area (Å²) < 4.78 is 27.5. The fraction of sp³-hybridized carbons (Fsp3) is 0.478. The molecule has 1 N–H and O–H groups in total. The van der Waals surface area contributed by atoms with Crippen molar-refractivity contribution in [3.63, 3.8) is 0 Å². The van der Waals surface area contributed by atoms with E-state index in [0.717, 1.165) is 28.8 Å². The Morgan fingerprint density at radius 1 is 1.27 bits per heavy atom. The van der Waals surface area contributed by atoms with Crippen molar-refractivity contribution < 1.29 is 23.2 Å². The Balaban J connectivity index is 1.43. The summed E-state index contributed by atoms with van der Waals surface area (Å²) >= 11 is 1.50. The first-order valence-electron chi connectivity index (χ1n) is 11.0. The maximum absolute atomic E-state index is 14.0. The van der Waals surface area contributed by atoms with Gasteiger partial charge in [0.2, 0.25) is 0 Å². The van der Waals surface area contributed by atoms with E-state index in [0.29, 0.717) is 38.8 Å². The summed E-state index contributed by atoms with van der Waals surface area (Å²) in [4.78, 5) is 46.8. The van der Waals surface area contributed by atoms with Crippen molar-refractivity contribution >= 4 is 29.2 Å². The van der Waals surface area contributed by atoms with E-state index in [1.54, 1.807) is 5.51 Å². The molecule has 0 spiro atoms. The first kappa shape index (κ1) is 23.3. The number of nitrogens with zero attached hydrogens (tertiary/aromatic N) is 3. The molecule has 1 aromatic carbocycles. The maximum atomic E-state index is 14.0. The molecule has 1 aromatic heterocycles. The molecule has 4 amide bonds. The topological polar surface area (TPSA) is 82.6 Å². The van der Waals surface area contributed by atoms with Crippen LogP contribution in [0.5, 0.6) is 0 Å². The van der Waals surface area contributed by atoms with E-state index in [-0.39, 0.29) is 23.9 Å². The van der Waals surface area contributed by atoms with Crippen LogP contribution in [0, 0.1) is 24.5 Å². The van der Waals surface area contributed by atoms with Crippen LogP contribution in [0.1, 0.15) is 47.1 Å². The molecule has 0 bridgehead atoms. The first-order chi connectivity index (χ1) is 15.8. The van der Waals surface area contributed by atoms with Crippen LogP contribution in [-0.2, 0) is 11.2 Å². The normalized spacial score (nSPS) is 21.6. The van der Waals surface area contributed by atoms with Crippen molar-refractivity contribution in [1.82, 2.24) is 20.1 Å². The minimum atomic E-state index is -1.01. The average molecular weight is 477 g/mol. The quantitative estimate of drug-likeness (QED) is 0.647. The van der Waals surface area contributed by atoms with Crippen molar-refractivity contribution in [3.8, 4) is 0 Å². The van der Waals surface area contributed by atoms with Crippen LogP contribution >= 0.6 is 11.3 Å². The minimum absolute atomic E-state index is 0.157. The Labute approximate surface area is 194 Å². The minimum Gasteiger partial charge on any atom is -0.339 e. The van der Waals surface area contributed by atoms with Crippen LogP contribution in [0.3, 0.4) is 0 Å². The summed E-state index contributed by atoms with van der Waals surface area (Å²) in [7, 11) is 0. The van der Waals surface area contributed by atoms with E-state index >= 15 is 0 Å². The van der Waals surface area contributed by atoms with Crippen molar-refractivity contribution in [3.05, 3.63) is 51.5 Å². The number of thiazole rings is 1. The van der Waals surface area contributed by atoms with Crippen LogP contribution in [-0.4, -0.2) is 57.8 Å². The summed E-state index contributed by atoms with van der Waals surface area (Å²) in [6, 6.07) is 2.42. The predicted molar refractivity (Wildman–Crippen MR) is 119 cm³/mol. The Bertz CT molecular complexity index is 1080. The SMILES string of the molecule is CCC1(C2CCN(C(=O)c3cc(F)ccc3F)CC2)NC(=O)N(CCc2scnc2C)C1=O. The lowest BCUT2D eigenvalue weighted by atomic mass is 9.75. The molecule has 2 aliphatic heterocycles. The predicted octanol–water partition coefficient (Wildman–Crippen LogP) is 3.53. The highest BCUT2D eigenvalue weighted by atomic mass is 32.1. The maximum Gasteiger partial charge on any atom is 0.325 e. The fourth-order valence-electron chi connectivity index (χ4n) is 4.84. The summed E-state index contributed by atoms with van der Waals surface area (Å²) in [5.41, 5.74) is 1.34.